The van der Waals surface area contributed by atoms with E-state index in [2.05, 4.69) is 5.32 Å². The molecule has 2 aromatic heterocycles. The predicted octanol–water partition coefficient (Wildman–Crippen LogP) is 0.760. The van der Waals surface area contributed by atoms with Crippen LogP contribution < -0.4 is 10.9 Å². The van der Waals surface area contributed by atoms with Gasteiger partial charge in [-0.2, -0.15) is 11.3 Å². The third-order valence-electron chi connectivity index (χ3n) is 2.63. The van der Waals surface area contributed by atoms with Gasteiger partial charge in [0.1, 0.15) is 6.54 Å². The van der Waals surface area contributed by atoms with E-state index in [1.807, 2.05) is 16.8 Å². The van der Waals surface area contributed by atoms with Crippen molar-refractivity contribution in [1.29, 1.82) is 0 Å². The number of carbonyl (C=O) groups excluding carboxylic acids is 1. The van der Waals surface area contributed by atoms with Crippen molar-refractivity contribution in [2.75, 3.05) is 6.54 Å². The minimum atomic E-state index is -0.720. The van der Waals surface area contributed by atoms with Crippen LogP contribution in [0.1, 0.15) is 11.7 Å². The normalized spacial score (nSPS) is 12.1. The summed E-state index contributed by atoms with van der Waals surface area (Å²) in [4.78, 5) is 23.1. The highest BCUT2D eigenvalue weighted by molar-refractivity contribution is 7.07. The Labute approximate surface area is 114 Å². The van der Waals surface area contributed by atoms with Gasteiger partial charge in [-0.3, -0.25) is 9.59 Å². The second-order valence-corrected chi connectivity index (χ2v) is 4.82. The lowest BCUT2D eigenvalue weighted by molar-refractivity contribution is -0.122. The fourth-order valence-corrected chi connectivity index (χ4v) is 2.30. The molecule has 0 saturated heterocycles. The fraction of sp³-hybridized carbons (Fsp3) is 0.231. The molecule has 0 aliphatic carbocycles. The van der Waals surface area contributed by atoms with Crippen molar-refractivity contribution in [3.63, 3.8) is 0 Å². The third-order valence-corrected chi connectivity index (χ3v) is 3.33. The van der Waals surface area contributed by atoms with Gasteiger partial charge >= 0.3 is 0 Å². The van der Waals surface area contributed by atoms with Crippen LogP contribution in [0.2, 0.25) is 0 Å². The van der Waals surface area contributed by atoms with Gasteiger partial charge in [-0.1, -0.05) is 6.07 Å². The van der Waals surface area contributed by atoms with Crippen LogP contribution in [-0.4, -0.2) is 22.1 Å². The number of nitrogens with one attached hydrogen (secondary N) is 1. The van der Waals surface area contributed by atoms with Gasteiger partial charge in [0.2, 0.25) is 5.91 Å². The molecule has 5 nitrogen and oxygen atoms in total. The molecule has 0 aromatic carbocycles. The molecule has 6 heteroatoms. The molecule has 1 unspecified atom stereocenters. The minimum absolute atomic E-state index is 0.0456. The van der Waals surface area contributed by atoms with Crippen LogP contribution in [0.15, 0.2) is 46.0 Å². The van der Waals surface area contributed by atoms with E-state index < -0.39 is 6.10 Å². The van der Waals surface area contributed by atoms with E-state index in [0.29, 0.717) is 0 Å². The number of aliphatic hydroxyl groups is 1. The zero-order chi connectivity index (χ0) is 13.7. The van der Waals surface area contributed by atoms with E-state index in [-0.39, 0.29) is 24.6 Å². The number of carbonyl (C=O) groups is 1. The number of aromatic nitrogens is 1. The van der Waals surface area contributed by atoms with Gasteiger partial charge in [0.25, 0.3) is 5.56 Å². The summed E-state index contributed by atoms with van der Waals surface area (Å²) in [6, 6.07) is 6.52. The number of amides is 1. The van der Waals surface area contributed by atoms with Crippen molar-refractivity contribution in [1.82, 2.24) is 9.88 Å². The zero-order valence-corrected chi connectivity index (χ0v) is 11.0. The largest absolute Gasteiger partial charge is 0.387 e. The molecular formula is C13H14N2O3S. The zero-order valence-electron chi connectivity index (χ0n) is 10.2. The summed E-state index contributed by atoms with van der Waals surface area (Å²) >= 11 is 1.49. The third kappa shape index (κ3) is 3.77. The summed E-state index contributed by atoms with van der Waals surface area (Å²) in [5, 5.41) is 16.1. The lowest BCUT2D eigenvalue weighted by Crippen LogP contribution is -2.34. The van der Waals surface area contributed by atoms with E-state index in [1.165, 1.54) is 22.0 Å². The maximum atomic E-state index is 11.7. The smallest absolute Gasteiger partial charge is 0.250 e. The van der Waals surface area contributed by atoms with Crippen LogP contribution >= 0.6 is 11.3 Å². The SMILES string of the molecule is O=C(Cn1ccccc1=O)NCC(O)c1ccsc1. The fourth-order valence-electron chi connectivity index (χ4n) is 1.59. The van der Waals surface area contributed by atoms with Gasteiger partial charge in [0.15, 0.2) is 0 Å². The first-order valence-corrected chi connectivity index (χ1v) is 6.73. The van der Waals surface area contributed by atoms with Crippen LogP contribution in [0.5, 0.6) is 0 Å². The Morgan fingerprint density at radius 3 is 2.95 bits per heavy atom. The molecule has 2 heterocycles. The Bertz CT molecular complexity index is 592. The Morgan fingerprint density at radius 2 is 2.26 bits per heavy atom. The summed E-state index contributed by atoms with van der Waals surface area (Å²) in [5.41, 5.74) is 0.554. The average Bonchev–Trinajstić information content (AvgIpc) is 2.93. The first kappa shape index (κ1) is 13.5. The van der Waals surface area contributed by atoms with Crippen LogP contribution in [0.25, 0.3) is 0 Å². The van der Waals surface area contributed by atoms with E-state index in [4.69, 9.17) is 0 Å². The van der Waals surface area contributed by atoms with Gasteiger partial charge in [0, 0.05) is 18.8 Å². The number of rotatable bonds is 5. The van der Waals surface area contributed by atoms with Gasteiger partial charge < -0.3 is 15.0 Å². The average molecular weight is 278 g/mol. The number of aliphatic hydroxyl groups excluding tert-OH is 1. The summed E-state index contributed by atoms with van der Waals surface area (Å²) < 4.78 is 1.31. The molecule has 2 N–H and O–H groups in total. The molecule has 0 radical (unpaired) electrons. The molecule has 0 spiro atoms. The van der Waals surface area contributed by atoms with Crippen molar-refractivity contribution in [2.24, 2.45) is 0 Å². The van der Waals surface area contributed by atoms with Crippen molar-refractivity contribution in [2.45, 2.75) is 12.6 Å². The molecule has 2 aromatic rings. The molecule has 0 saturated carbocycles. The van der Waals surface area contributed by atoms with Crippen molar-refractivity contribution >= 4 is 17.2 Å². The van der Waals surface area contributed by atoms with E-state index in [1.54, 1.807) is 18.3 Å². The summed E-state index contributed by atoms with van der Waals surface area (Å²) in [5.74, 6) is -0.303. The Balaban J connectivity index is 1.85. The highest BCUT2D eigenvalue weighted by Gasteiger charge is 2.10. The topological polar surface area (TPSA) is 71.3 Å². The Kier molecular flexibility index (Phi) is 4.48. The maximum absolute atomic E-state index is 11.7. The van der Waals surface area contributed by atoms with E-state index in [0.717, 1.165) is 5.56 Å². The minimum Gasteiger partial charge on any atom is -0.387 e. The van der Waals surface area contributed by atoms with Gasteiger partial charge in [0.05, 0.1) is 6.10 Å². The number of nitrogens with zero attached hydrogens (tertiary/aromatic N) is 1. The van der Waals surface area contributed by atoms with Crippen molar-refractivity contribution in [3.8, 4) is 0 Å². The second kappa shape index (κ2) is 6.31. The van der Waals surface area contributed by atoms with Crippen molar-refractivity contribution in [3.05, 3.63) is 57.1 Å². The quantitative estimate of drug-likeness (QED) is 0.848. The lowest BCUT2D eigenvalue weighted by Gasteiger charge is -2.11. The second-order valence-electron chi connectivity index (χ2n) is 4.04. The monoisotopic (exact) mass is 278 g/mol. The molecule has 19 heavy (non-hydrogen) atoms. The molecule has 1 amide bonds. The molecule has 100 valence electrons. The summed E-state index contributed by atoms with van der Waals surface area (Å²) in [7, 11) is 0. The standard InChI is InChI=1S/C13H14N2O3S/c16-11(10-4-6-19-9-10)7-14-12(17)8-15-5-2-1-3-13(15)18/h1-6,9,11,16H,7-8H2,(H,14,17). The van der Waals surface area contributed by atoms with Crippen LogP contribution in [0.4, 0.5) is 0 Å². The van der Waals surface area contributed by atoms with Crippen LogP contribution in [0.3, 0.4) is 0 Å². The van der Waals surface area contributed by atoms with Gasteiger partial charge in [-0.05, 0) is 28.5 Å². The summed E-state index contributed by atoms with van der Waals surface area (Å²) in [6.07, 6.45) is 0.833. The highest BCUT2D eigenvalue weighted by atomic mass is 32.1. The molecule has 0 fully saturated rings. The van der Waals surface area contributed by atoms with Crippen molar-refractivity contribution < 1.29 is 9.90 Å². The molecular weight excluding hydrogens is 264 g/mol. The van der Waals surface area contributed by atoms with E-state index in [9.17, 15) is 14.7 Å². The Morgan fingerprint density at radius 1 is 1.42 bits per heavy atom. The number of hydrogen-bond acceptors (Lipinski definition) is 4. The van der Waals surface area contributed by atoms with Crippen LogP contribution in [0, 0.1) is 0 Å². The molecule has 0 bridgehead atoms. The number of hydrogen-bond donors (Lipinski definition) is 2. The molecule has 0 aliphatic rings. The Hall–Kier alpha value is -1.92. The lowest BCUT2D eigenvalue weighted by atomic mass is 10.2. The van der Waals surface area contributed by atoms with Crippen LogP contribution in [-0.2, 0) is 11.3 Å². The molecule has 0 aliphatic heterocycles. The molecule has 1 atom stereocenters. The first-order chi connectivity index (χ1) is 9.16. The van der Waals surface area contributed by atoms with Gasteiger partial charge in [-0.25, -0.2) is 0 Å². The van der Waals surface area contributed by atoms with Gasteiger partial charge in [-0.15, -0.1) is 0 Å². The summed E-state index contributed by atoms with van der Waals surface area (Å²) in [6.45, 7) is 0.0905. The van der Waals surface area contributed by atoms with E-state index >= 15 is 0 Å². The predicted molar refractivity (Wildman–Crippen MR) is 73.0 cm³/mol. The maximum Gasteiger partial charge on any atom is 0.250 e. The molecule has 2 rings (SSSR count). The number of thiophene rings is 1. The first-order valence-electron chi connectivity index (χ1n) is 5.79. The highest BCUT2D eigenvalue weighted by Crippen LogP contribution is 2.14. The number of pyridine rings is 1.